The summed E-state index contributed by atoms with van der Waals surface area (Å²) in [6.07, 6.45) is 0.131. The minimum atomic E-state index is -0.478. The molecule has 0 aliphatic rings. The molecule has 0 aliphatic heterocycles. The van der Waals surface area contributed by atoms with Crippen LogP contribution in [0.1, 0.15) is 16.8 Å². The van der Waals surface area contributed by atoms with Crippen LogP contribution >= 0.6 is 0 Å². The highest BCUT2D eigenvalue weighted by atomic mass is 16.5. The summed E-state index contributed by atoms with van der Waals surface area (Å²) in [7, 11) is 2.78. The van der Waals surface area contributed by atoms with E-state index in [1.54, 1.807) is 24.3 Å². The number of nitrogens with zero attached hydrogens (tertiary/aromatic N) is 1. The van der Waals surface area contributed by atoms with Crippen LogP contribution in [-0.4, -0.2) is 49.9 Å². The molecule has 0 saturated carbocycles. The highest BCUT2D eigenvalue weighted by Gasteiger charge is 2.13. The Hall–Kier alpha value is -2.37. The van der Waals surface area contributed by atoms with Crippen molar-refractivity contribution in [1.82, 2.24) is 10.2 Å². The van der Waals surface area contributed by atoms with Crippen LogP contribution in [0.4, 0.5) is 0 Å². The first-order valence-electron chi connectivity index (χ1n) is 6.18. The molecule has 0 fully saturated rings. The van der Waals surface area contributed by atoms with E-state index in [-0.39, 0.29) is 31.3 Å². The molecule has 6 heteroatoms. The molecule has 0 atom stereocenters. The second-order valence-electron chi connectivity index (χ2n) is 4.20. The van der Waals surface area contributed by atoms with Gasteiger partial charge >= 0.3 is 5.97 Å². The van der Waals surface area contributed by atoms with E-state index < -0.39 is 5.97 Å². The van der Waals surface area contributed by atoms with Gasteiger partial charge in [-0.3, -0.25) is 14.4 Å². The number of hydrogen-bond acceptors (Lipinski definition) is 4. The number of likely N-dealkylation sites (N-methyl/N-ethyl adjacent to an activating group) is 1. The fourth-order valence-corrected chi connectivity index (χ4v) is 1.51. The average molecular weight is 278 g/mol. The summed E-state index contributed by atoms with van der Waals surface area (Å²) in [4.78, 5) is 35.7. The normalized spacial score (nSPS) is 9.70. The SMILES string of the molecule is COC(=O)CN(C)C(=O)CCNC(=O)c1ccccc1. The number of methoxy groups -OCH3 is 1. The molecule has 1 aromatic rings. The summed E-state index contributed by atoms with van der Waals surface area (Å²) >= 11 is 0. The number of carbonyl (C=O) groups excluding carboxylic acids is 3. The number of carbonyl (C=O) groups is 3. The van der Waals surface area contributed by atoms with Gasteiger partial charge in [0.1, 0.15) is 6.54 Å². The van der Waals surface area contributed by atoms with Gasteiger partial charge in [-0.1, -0.05) is 18.2 Å². The van der Waals surface area contributed by atoms with Crippen LogP contribution in [0, 0.1) is 0 Å². The predicted molar refractivity (Wildman–Crippen MR) is 73.0 cm³/mol. The quantitative estimate of drug-likeness (QED) is 0.766. The summed E-state index contributed by atoms with van der Waals surface area (Å²) in [6, 6.07) is 8.75. The topological polar surface area (TPSA) is 75.7 Å². The third-order valence-electron chi connectivity index (χ3n) is 2.68. The Morgan fingerprint density at radius 1 is 1.20 bits per heavy atom. The van der Waals surface area contributed by atoms with Crippen molar-refractivity contribution in [3.05, 3.63) is 35.9 Å². The zero-order valence-corrected chi connectivity index (χ0v) is 11.6. The molecule has 1 N–H and O–H groups in total. The predicted octanol–water partition coefficient (Wildman–Crippen LogP) is 0.438. The Morgan fingerprint density at radius 2 is 1.85 bits per heavy atom. The summed E-state index contributed by atoms with van der Waals surface area (Å²) in [5.74, 6) is -0.938. The lowest BCUT2D eigenvalue weighted by Gasteiger charge is -2.15. The third-order valence-corrected chi connectivity index (χ3v) is 2.68. The first kappa shape index (κ1) is 15.7. The fraction of sp³-hybridized carbons (Fsp3) is 0.357. The molecule has 0 unspecified atom stereocenters. The zero-order valence-electron chi connectivity index (χ0n) is 11.6. The van der Waals surface area contributed by atoms with Crippen LogP contribution in [0.3, 0.4) is 0 Å². The lowest BCUT2D eigenvalue weighted by atomic mass is 10.2. The zero-order chi connectivity index (χ0) is 15.0. The van der Waals surface area contributed by atoms with Gasteiger partial charge in [-0.05, 0) is 12.1 Å². The van der Waals surface area contributed by atoms with Crippen molar-refractivity contribution in [3.8, 4) is 0 Å². The van der Waals surface area contributed by atoms with Crippen molar-refractivity contribution in [1.29, 1.82) is 0 Å². The number of nitrogens with one attached hydrogen (secondary N) is 1. The van der Waals surface area contributed by atoms with Gasteiger partial charge in [-0.15, -0.1) is 0 Å². The monoisotopic (exact) mass is 278 g/mol. The molecule has 0 radical (unpaired) electrons. The molecule has 1 aromatic carbocycles. The standard InChI is InChI=1S/C14H18N2O4/c1-16(10-13(18)20-2)12(17)8-9-15-14(19)11-6-4-3-5-7-11/h3-7H,8-10H2,1-2H3,(H,15,19). The molecule has 2 amide bonds. The minimum absolute atomic E-state index is 0.0953. The van der Waals surface area contributed by atoms with Gasteiger partial charge in [0, 0.05) is 25.6 Å². The molecule has 0 aromatic heterocycles. The molecule has 0 saturated heterocycles. The van der Waals surface area contributed by atoms with E-state index in [1.165, 1.54) is 19.1 Å². The molecule has 0 spiro atoms. The Kier molecular flexibility index (Phi) is 6.22. The molecule has 0 heterocycles. The smallest absolute Gasteiger partial charge is 0.325 e. The molecule has 1 rings (SSSR count). The maximum absolute atomic E-state index is 11.7. The largest absolute Gasteiger partial charge is 0.468 e. The van der Waals surface area contributed by atoms with Crippen molar-refractivity contribution < 1.29 is 19.1 Å². The van der Waals surface area contributed by atoms with Crippen molar-refractivity contribution in [2.24, 2.45) is 0 Å². The third kappa shape index (κ3) is 5.09. The molecule has 0 aliphatic carbocycles. The van der Waals surface area contributed by atoms with Crippen LogP contribution in [0.25, 0.3) is 0 Å². The average Bonchev–Trinajstić information content (AvgIpc) is 2.47. The van der Waals surface area contributed by atoms with E-state index in [4.69, 9.17) is 0 Å². The van der Waals surface area contributed by atoms with Crippen LogP contribution in [0.5, 0.6) is 0 Å². The minimum Gasteiger partial charge on any atom is -0.468 e. The van der Waals surface area contributed by atoms with E-state index >= 15 is 0 Å². The van der Waals surface area contributed by atoms with Gasteiger partial charge in [-0.2, -0.15) is 0 Å². The van der Waals surface area contributed by atoms with Crippen LogP contribution < -0.4 is 5.32 Å². The fourth-order valence-electron chi connectivity index (χ4n) is 1.51. The Labute approximate surface area is 117 Å². The molecule has 0 bridgehead atoms. The maximum Gasteiger partial charge on any atom is 0.325 e. The number of amides is 2. The second-order valence-corrected chi connectivity index (χ2v) is 4.20. The Balaban J connectivity index is 2.32. The lowest BCUT2D eigenvalue weighted by molar-refractivity contribution is -0.146. The Morgan fingerprint density at radius 3 is 2.45 bits per heavy atom. The van der Waals surface area contributed by atoms with Crippen LogP contribution in [0.15, 0.2) is 30.3 Å². The molecule has 20 heavy (non-hydrogen) atoms. The van der Waals surface area contributed by atoms with E-state index in [2.05, 4.69) is 10.1 Å². The van der Waals surface area contributed by atoms with Gasteiger partial charge < -0.3 is 15.0 Å². The van der Waals surface area contributed by atoms with Gasteiger partial charge in [0.2, 0.25) is 5.91 Å². The summed E-state index contributed by atoms with van der Waals surface area (Å²) in [5, 5.41) is 2.65. The number of rotatable bonds is 6. The first-order valence-corrected chi connectivity index (χ1v) is 6.18. The molecule has 108 valence electrons. The van der Waals surface area contributed by atoms with Crippen molar-refractivity contribution in [2.45, 2.75) is 6.42 Å². The second kappa shape index (κ2) is 7.93. The molecular weight excluding hydrogens is 260 g/mol. The molecule has 6 nitrogen and oxygen atoms in total. The van der Waals surface area contributed by atoms with Crippen LogP contribution in [0.2, 0.25) is 0 Å². The van der Waals surface area contributed by atoms with Gasteiger partial charge in [0.05, 0.1) is 7.11 Å². The number of benzene rings is 1. The number of ether oxygens (including phenoxy) is 1. The maximum atomic E-state index is 11.7. The van der Waals surface area contributed by atoms with E-state index in [1.807, 2.05) is 6.07 Å². The van der Waals surface area contributed by atoms with Gasteiger partial charge in [-0.25, -0.2) is 0 Å². The Bertz CT molecular complexity index is 473. The summed E-state index contributed by atoms with van der Waals surface area (Å²) < 4.78 is 4.47. The van der Waals surface area contributed by atoms with Gasteiger partial charge in [0.15, 0.2) is 0 Å². The first-order chi connectivity index (χ1) is 9.54. The van der Waals surface area contributed by atoms with E-state index in [0.717, 1.165) is 0 Å². The number of hydrogen-bond donors (Lipinski definition) is 1. The van der Waals surface area contributed by atoms with Crippen molar-refractivity contribution in [2.75, 3.05) is 27.2 Å². The highest BCUT2D eigenvalue weighted by Crippen LogP contribution is 1.98. The van der Waals surface area contributed by atoms with E-state index in [9.17, 15) is 14.4 Å². The summed E-state index contributed by atoms with van der Waals surface area (Å²) in [6.45, 7) is 0.125. The summed E-state index contributed by atoms with van der Waals surface area (Å²) in [5.41, 5.74) is 0.544. The highest BCUT2D eigenvalue weighted by molar-refractivity contribution is 5.94. The number of esters is 1. The van der Waals surface area contributed by atoms with E-state index in [0.29, 0.717) is 5.56 Å². The van der Waals surface area contributed by atoms with Crippen molar-refractivity contribution in [3.63, 3.8) is 0 Å². The van der Waals surface area contributed by atoms with Crippen LogP contribution in [-0.2, 0) is 14.3 Å². The van der Waals surface area contributed by atoms with Crippen molar-refractivity contribution >= 4 is 17.8 Å². The molecular formula is C14H18N2O4. The lowest BCUT2D eigenvalue weighted by Crippen LogP contribution is -2.35. The van der Waals surface area contributed by atoms with Gasteiger partial charge in [0.25, 0.3) is 5.91 Å².